The van der Waals surface area contributed by atoms with Crippen LogP contribution in [0.15, 0.2) is 12.2 Å². The van der Waals surface area contributed by atoms with Gasteiger partial charge in [-0.05, 0) is 12.8 Å². The minimum absolute atomic E-state index is 0.204. The van der Waals surface area contributed by atoms with Crippen molar-refractivity contribution in [3.8, 4) is 0 Å². The predicted octanol–water partition coefficient (Wildman–Crippen LogP) is 3.08. The van der Waals surface area contributed by atoms with Crippen LogP contribution in [0.25, 0.3) is 0 Å². The van der Waals surface area contributed by atoms with E-state index in [-0.39, 0.29) is 5.97 Å². The molecule has 0 radical (unpaired) electrons. The van der Waals surface area contributed by atoms with Crippen LogP contribution in [0.3, 0.4) is 0 Å². The van der Waals surface area contributed by atoms with Crippen LogP contribution in [0, 0.1) is 0 Å². The Morgan fingerprint density at radius 2 is 1.92 bits per heavy atom. The van der Waals surface area contributed by atoms with Gasteiger partial charge in [0.1, 0.15) is 0 Å². The van der Waals surface area contributed by atoms with Crippen molar-refractivity contribution in [2.75, 3.05) is 6.61 Å². The molecule has 0 spiro atoms. The van der Waals surface area contributed by atoms with Gasteiger partial charge in [-0.15, -0.1) is 0 Å². The summed E-state index contributed by atoms with van der Waals surface area (Å²) < 4.78 is 4.94. The second kappa shape index (κ2) is 9.30. The summed E-state index contributed by atoms with van der Waals surface area (Å²) in [5.74, 6) is -0.204. The van der Waals surface area contributed by atoms with E-state index in [1.165, 1.54) is 6.08 Å². The van der Waals surface area contributed by atoms with Crippen molar-refractivity contribution in [3.63, 3.8) is 0 Å². The van der Waals surface area contributed by atoms with E-state index in [1.54, 1.807) is 0 Å². The van der Waals surface area contributed by atoms with Crippen LogP contribution in [0.1, 0.15) is 46.0 Å². The minimum atomic E-state index is -0.204. The summed E-state index contributed by atoms with van der Waals surface area (Å²) in [7, 11) is 0. The van der Waals surface area contributed by atoms with Gasteiger partial charge in [0.25, 0.3) is 0 Å². The zero-order chi connectivity index (χ0) is 9.94. The summed E-state index contributed by atoms with van der Waals surface area (Å²) >= 11 is 0. The molecule has 0 aliphatic heterocycles. The van der Waals surface area contributed by atoms with Crippen LogP contribution in [-0.4, -0.2) is 12.6 Å². The lowest BCUT2D eigenvalue weighted by Gasteiger charge is -1.98. The quantitative estimate of drug-likeness (QED) is 0.345. The van der Waals surface area contributed by atoms with Crippen molar-refractivity contribution in [2.45, 2.75) is 46.0 Å². The number of esters is 1. The highest BCUT2D eigenvalue weighted by atomic mass is 16.5. The molecular formula is C11H20O2. The lowest BCUT2D eigenvalue weighted by molar-refractivity contribution is -0.137. The molecule has 2 nitrogen and oxygen atoms in total. The Morgan fingerprint density at radius 3 is 2.54 bits per heavy atom. The van der Waals surface area contributed by atoms with Crippen molar-refractivity contribution in [2.24, 2.45) is 0 Å². The summed E-state index contributed by atoms with van der Waals surface area (Å²) in [4.78, 5) is 11.0. The Bertz CT molecular complexity index is 150. The molecule has 0 bridgehead atoms. The second-order valence-electron chi connectivity index (χ2n) is 3.07. The molecule has 0 N–H and O–H groups in total. The van der Waals surface area contributed by atoms with Gasteiger partial charge in [0, 0.05) is 6.08 Å². The largest absolute Gasteiger partial charge is 0.463 e. The Labute approximate surface area is 81.0 Å². The fourth-order valence-corrected chi connectivity index (χ4v) is 0.867. The van der Waals surface area contributed by atoms with Crippen LogP contribution in [0.4, 0.5) is 0 Å². The number of carbonyl (C=O) groups is 1. The number of carbonyl (C=O) groups excluding carboxylic acids is 1. The molecule has 0 aromatic heterocycles. The molecule has 0 aromatic rings. The molecule has 0 amide bonds. The third kappa shape index (κ3) is 9.12. The molecule has 0 heterocycles. The van der Waals surface area contributed by atoms with Crippen LogP contribution < -0.4 is 0 Å². The van der Waals surface area contributed by atoms with E-state index in [1.807, 2.05) is 6.08 Å². The lowest BCUT2D eigenvalue weighted by Crippen LogP contribution is -2.01. The van der Waals surface area contributed by atoms with E-state index >= 15 is 0 Å². The number of unbranched alkanes of at least 4 members (excludes halogenated alkanes) is 3. The summed E-state index contributed by atoms with van der Waals surface area (Å²) in [5, 5.41) is 0. The van der Waals surface area contributed by atoms with E-state index in [0.717, 1.165) is 32.1 Å². The maximum atomic E-state index is 11.0. The summed E-state index contributed by atoms with van der Waals surface area (Å²) in [6.45, 7) is 4.76. The third-order valence-corrected chi connectivity index (χ3v) is 1.72. The molecule has 13 heavy (non-hydrogen) atoms. The smallest absolute Gasteiger partial charge is 0.330 e. The molecule has 0 saturated carbocycles. The van der Waals surface area contributed by atoms with Crippen LogP contribution in [0.2, 0.25) is 0 Å². The zero-order valence-corrected chi connectivity index (χ0v) is 8.71. The number of allylic oxidation sites excluding steroid dienone is 1. The number of rotatable bonds is 7. The van der Waals surface area contributed by atoms with Gasteiger partial charge in [0.15, 0.2) is 0 Å². The predicted molar refractivity (Wildman–Crippen MR) is 54.5 cm³/mol. The molecule has 0 fully saturated rings. The number of hydrogen-bond acceptors (Lipinski definition) is 2. The first kappa shape index (κ1) is 12.2. The summed E-state index contributed by atoms with van der Waals surface area (Å²) in [6, 6.07) is 0. The zero-order valence-electron chi connectivity index (χ0n) is 8.71. The highest BCUT2D eigenvalue weighted by molar-refractivity contribution is 5.81. The minimum Gasteiger partial charge on any atom is -0.463 e. The Morgan fingerprint density at radius 1 is 1.23 bits per heavy atom. The van der Waals surface area contributed by atoms with Crippen molar-refractivity contribution in [1.29, 1.82) is 0 Å². The molecule has 0 aliphatic carbocycles. The fraction of sp³-hybridized carbons (Fsp3) is 0.727. The lowest BCUT2D eigenvalue weighted by atomic mass is 10.2. The maximum Gasteiger partial charge on any atom is 0.330 e. The highest BCUT2D eigenvalue weighted by Gasteiger charge is 1.94. The molecule has 0 aromatic carbocycles. The SMILES string of the molecule is CCCC/C=C\C(=O)OCCCC. The van der Waals surface area contributed by atoms with Gasteiger partial charge in [-0.3, -0.25) is 0 Å². The molecule has 2 heteroatoms. The molecule has 0 saturated heterocycles. The molecule has 0 unspecified atom stereocenters. The first-order chi connectivity index (χ1) is 6.31. The monoisotopic (exact) mass is 184 g/mol. The van der Waals surface area contributed by atoms with E-state index in [4.69, 9.17) is 4.74 Å². The molecule has 0 aliphatic rings. The Balaban J connectivity index is 3.33. The van der Waals surface area contributed by atoms with Crippen molar-refractivity contribution in [1.82, 2.24) is 0 Å². The molecule has 0 rings (SSSR count). The Kier molecular flexibility index (Phi) is 8.73. The topological polar surface area (TPSA) is 26.3 Å². The van der Waals surface area contributed by atoms with Gasteiger partial charge in [-0.25, -0.2) is 4.79 Å². The van der Waals surface area contributed by atoms with E-state index in [2.05, 4.69) is 13.8 Å². The average molecular weight is 184 g/mol. The van der Waals surface area contributed by atoms with E-state index in [9.17, 15) is 4.79 Å². The van der Waals surface area contributed by atoms with Gasteiger partial charge in [0.2, 0.25) is 0 Å². The molecule has 0 atom stereocenters. The van der Waals surface area contributed by atoms with Crippen LogP contribution in [-0.2, 0) is 9.53 Å². The number of hydrogen-bond donors (Lipinski definition) is 0. The van der Waals surface area contributed by atoms with Gasteiger partial charge in [-0.1, -0.05) is 39.2 Å². The van der Waals surface area contributed by atoms with Crippen molar-refractivity contribution < 1.29 is 9.53 Å². The average Bonchev–Trinajstić information content (AvgIpc) is 2.13. The van der Waals surface area contributed by atoms with Gasteiger partial charge in [-0.2, -0.15) is 0 Å². The summed E-state index contributed by atoms with van der Waals surface area (Å²) in [5.41, 5.74) is 0. The van der Waals surface area contributed by atoms with Gasteiger partial charge < -0.3 is 4.74 Å². The third-order valence-electron chi connectivity index (χ3n) is 1.72. The standard InChI is InChI=1S/C11H20O2/c1-3-5-7-8-9-11(12)13-10-6-4-2/h8-9H,3-7,10H2,1-2H3/b9-8-. The first-order valence-corrected chi connectivity index (χ1v) is 5.14. The first-order valence-electron chi connectivity index (χ1n) is 5.14. The van der Waals surface area contributed by atoms with Crippen LogP contribution in [0.5, 0.6) is 0 Å². The normalized spacial score (nSPS) is 10.6. The highest BCUT2D eigenvalue weighted by Crippen LogP contribution is 1.96. The van der Waals surface area contributed by atoms with E-state index in [0.29, 0.717) is 6.61 Å². The van der Waals surface area contributed by atoms with Crippen molar-refractivity contribution in [3.05, 3.63) is 12.2 Å². The van der Waals surface area contributed by atoms with E-state index < -0.39 is 0 Å². The number of ether oxygens (including phenoxy) is 1. The van der Waals surface area contributed by atoms with Gasteiger partial charge >= 0.3 is 5.97 Å². The van der Waals surface area contributed by atoms with Crippen LogP contribution >= 0.6 is 0 Å². The Hall–Kier alpha value is -0.790. The van der Waals surface area contributed by atoms with Crippen molar-refractivity contribution >= 4 is 5.97 Å². The fourth-order valence-electron chi connectivity index (χ4n) is 0.867. The maximum absolute atomic E-state index is 11.0. The second-order valence-corrected chi connectivity index (χ2v) is 3.07. The molecular weight excluding hydrogens is 164 g/mol. The molecule has 76 valence electrons. The van der Waals surface area contributed by atoms with Gasteiger partial charge in [0.05, 0.1) is 6.61 Å². The summed E-state index contributed by atoms with van der Waals surface area (Å²) in [6.07, 6.45) is 8.71.